The number of rotatable bonds is 4. The van der Waals surface area contributed by atoms with E-state index in [4.69, 9.17) is 4.74 Å². The number of hydrogen-bond acceptors (Lipinski definition) is 2. The topological polar surface area (TPSA) is 26.3 Å². The van der Waals surface area contributed by atoms with Crippen LogP contribution in [0.15, 0.2) is 11.8 Å². The van der Waals surface area contributed by atoms with Crippen molar-refractivity contribution in [1.29, 1.82) is 0 Å². The summed E-state index contributed by atoms with van der Waals surface area (Å²) < 4.78 is 5.25. The van der Waals surface area contributed by atoms with E-state index in [0.29, 0.717) is 18.8 Å². The van der Waals surface area contributed by atoms with Gasteiger partial charge in [0.2, 0.25) is 0 Å². The maximum atomic E-state index is 11.4. The molecule has 0 aliphatic carbocycles. The van der Waals surface area contributed by atoms with Gasteiger partial charge in [0.05, 0.1) is 6.61 Å². The van der Waals surface area contributed by atoms with Gasteiger partial charge in [0.25, 0.3) is 0 Å². The zero-order chi connectivity index (χ0) is 8.81. The average Bonchev–Trinajstić information content (AvgIpc) is 2.15. The molecule has 2 heteroatoms. The number of unbranched alkanes of at least 4 members (excludes halogenated alkanes) is 1. The average molecular weight is 168 g/mol. The molecule has 0 aromatic carbocycles. The van der Waals surface area contributed by atoms with Crippen molar-refractivity contribution in [1.82, 2.24) is 0 Å². The van der Waals surface area contributed by atoms with E-state index < -0.39 is 0 Å². The molecule has 0 spiro atoms. The molecule has 2 nitrogen and oxygen atoms in total. The molecule has 1 aliphatic heterocycles. The zero-order valence-electron chi connectivity index (χ0n) is 7.64. The molecule has 0 unspecified atom stereocenters. The van der Waals surface area contributed by atoms with Gasteiger partial charge in [-0.1, -0.05) is 13.3 Å². The summed E-state index contributed by atoms with van der Waals surface area (Å²) in [4.78, 5) is 11.4. The summed E-state index contributed by atoms with van der Waals surface area (Å²) in [6, 6.07) is 0. The summed E-state index contributed by atoms with van der Waals surface area (Å²) in [7, 11) is 0. The summed E-state index contributed by atoms with van der Waals surface area (Å²) in [6.45, 7) is 2.80. The fourth-order valence-electron chi connectivity index (χ4n) is 1.21. The second-order valence-electron chi connectivity index (χ2n) is 3.09. The van der Waals surface area contributed by atoms with E-state index in [-0.39, 0.29) is 5.78 Å². The molecule has 0 saturated heterocycles. The Morgan fingerprint density at radius 2 is 2.50 bits per heavy atom. The minimum atomic E-state index is 0.177. The number of hydrogen-bond donors (Lipinski definition) is 0. The Morgan fingerprint density at radius 1 is 1.67 bits per heavy atom. The molecular weight excluding hydrogens is 152 g/mol. The van der Waals surface area contributed by atoms with Gasteiger partial charge >= 0.3 is 0 Å². The first-order valence-corrected chi connectivity index (χ1v) is 4.70. The summed E-state index contributed by atoms with van der Waals surface area (Å²) in [5, 5.41) is 0. The lowest BCUT2D eigenvalue weighted by Crippen LogP contribution is -2.10. The third-order valence-electron chi connectivity index (χ3n) is 1.97. The van der Waals surface area contributed by atoms with Gasteiger partial charge in [-0.25, -0.2) is 0 Å². The maximum Gasteiger partial charge on any atom is 0.197 e. The van der Waals surface area contributed by atoms with Crippen LogP contribution in [0.25, 0.3) is 0 Å². The van der Waals surface area contributed by atoms with Crippen LogP contribution in [0.5, 0.6) is 0 Å². The molecule has 0 N–H and O–H groups in total. The molecule has 0 aromatic rings. The zero-order valence-corrected chi connectivity index (χ0v) is 7.64. The van der Waals surface area contributed by atoms with Crippen LogP contribution in [0, 0.1) is 0 Å². The van der Waals surface area contributed by atoms with Gasteiger partial charge in [-0.15, -0.1) is 0 Å². The van der Waals surface area contributed by atoms with Crippen molar-refractivity contribution in [3.8, 4) is 0 Å². The van der Waals surface area contributed by atoms with Crippen molar-refractivity contribution in [2.75, 3.05) is 6.61 Å². The predicted molar refractivity (Wildman–Crippen MR) is 47.8 cm³/mol. The van der Waals surface area contributed by atoms with E-state index in [2.05, 4.69) is 6.92 Å². The minimum absolute atomic E-state index is 0.177. The molecule has 1 aliphatic rings. The SMILES string of the molecule is CCCCC(=O)C1=CCCCO1. The second-order valence-corrected chi connectivity index (χ2v) is 3.09. The molecule has 0 saturated carbocycles. The standard InChI is InChI=1S/C10H16O2/c1-2-3-6-9(11)10-7-4-5-8-12-10/h7H,2-6,8H2,1H3. The van der Waals surface area contributed by atoms with E-state index >= 15 is 0 Å². The van der Waals surface area contributed by atoms with Crippen LogP contribution in [0.3, 0.4) is 0 Å². The van der Waals surface area contributed by atoms with E-state index in [1.165, 1.54) is 0 Å². The highest BCUT2D eigenvalue weighted by Gasteiger charge is 2.12. The van der Waals surface area contributed by atoms with Gasteiger partial charge in [-0.3, -0.25) is 4.79 Å². The fraction of sp³-hybridized carbons (Fsp3) is 0.700. The molecule has 0 aromatic heterocycles. The molecular formula is C10H16O2. The van der Waals surface area contributed by atoms with E-state index in [1.54, 1.807) is 0 Å². The quantitative estimate of drug-likeness (QED) is 0.644. The number of Topliss-reactive ketones (excluding diaryl/α,β-unsaturated/α-hetero) is 1. The lowest BCUT2D eigenvalue weighted by atomic mass is 10.1. The lowest BCUT2D eigenvalue weighted by molar-refractivity contribution is -0.119. The minimum Gasteiger partial charge on any atom is -0.490 e. The highest BCUT2D eigenvalue weighted by molar-refractivity contribution is 5.93. The first-order chi connectivity index (χ1) is 5.84. The third-order valence-corrected chi connectivity index (χ3v) is 1.97. The number of carbonyl (C=O) groups is 1. The Labute approximate surface area is 73.6 Å². The Kier molecular flexibility index (Phi) is 3.85. The van der Waals surface area contributed by atoms with Crippen molar-refractivity contribution in [3.05, 3.63) is 11.8 Å². The van der Waals surface area contributed by atoms with E-state index in [1.807, 2.05) is 6.08 Å². The maximum absolute atomic E-state index is 11.4. The van der Waals surface area contributed by atoms with Crippen LogP contribution in [-0.2, 0) is 9.53 Å². The van der Waals surface area contributed by atoms with Gasteiger partial charge in [-0.2, -0.15) is 0 Å². The summed E-state index contributed by atoms with van der Waals surface area (Å²) in [5.74, 6) is 0.784. The van der Waals surface area contributed by atoms with Crippen LogP contribution in [0.2, 0.25) is 0 Å². The van der Waals surface area contributed by atoms with Gasteiger partial charge in [-0.05, 0) is 25.3 Å². The molecule has 68 valence electrons. The summed E-state index contributed by atoms with van der Waals surface area (Å²) >= 11 is 0. The number of ketones is 1. The van der Waals surface area contributed by atoms with Crippen molar-refractivity contribution >= 4 is 5.78 Å². The second kappa shape index (κ2) is 4.96. The normalized spacial score (nSPS) is 16.6. The highest BCUT2D eigenvalue weighted by Crippen LogP contribution is 2.13. The fourth-order valence-corrected chi connectivity index (χ4v) is 1.21. The van der Waals surface area contributed by atoms with Gasteiger partial charge in [0.1, 0.15) is 0 Å². The van der Waals surface area contributed by atoms with Gasteiger partial charge < -0.3 is 4.74 Å². The molecule has 0 radical (unpaired) electrons. The molecule has 0 bridgehead atoms. The van der Waals surface area contributed by atoms with Crippen LogP contribution in [0.1, 0.15) is 39.0 Å². The lowest BCUT2D eigenvalue weighted by Gasteiger charge is -2.13. The van der Waals surface area contributed by atoms with Crippen molar-refractivity contribution in [3.63, 3.8) is 0 Å². The first-order valence-electron chi connectivity index (χ1n) is 4.70. The van der Waals surface area contributed by atoms with Crippen molar-refractivity contribution in [2.24, 2.45) is 0 Å². The largest absolute Gasteiger partial charge is 0.490 e. The van der Waals surface area contributed by atoms with Crippen LogP contribution < -0.4 is 0 Å². The van der Waals surface area contributed by atoms with Gasteiger partial charge in [0.15, 0.2) is 11.5 Å². The number of carbonyl (C=O) groups excluding carboxylic acids is 1. The molecule has 0 amide bonds. The summed E-state index contributed by atoms with van der Waals surface area (Å²) in [5.41, 5.74) is 0. The molecule has 0 fully saturated rings. The van der Waals surface area contributed by atoms with E-state index in [9.17, 15) is 4.79 Å². The third kappa shape index (κ3) is 2.68. The Bertz CT molecular complexity index is 182. The Balaban J connectivity index is 2.35. The molecule has 12 heavy (non-hydrogen) atoms. The van der Waals surface area contributed by atoms with Crippen LogP contribution >= 0.6 is 0 Å². The highest BCUT2D eigenvalue weighted by atomic mass is 16.5. The molecule has 1 rings (SSSR count). The molecule has 0 atom stereocenters. The van der Waals surface area contributed by atoms with Crippen LogP contribution in [-0.4, -0.2) is 12.4 Å². The van der Waals surface area contributed by atoms with E-state index in [0.717, 1.165) is 25.7 Å². The number of ether oxygens (including phenoxy) is 1. The number of allylic oxidation sites excluding steroid dienone is 2. The van der Waals surface area contributed by atoms with Gasteiger partial charge in [0, 0.05) is 6.42 Å². The molecule has 1 heterocycles. The smallest absolute Gasteiger partial charge is 0.197 e. The monoisotopic (exact) mass is 168 g/mol. The van der Waals surface area contributed by atoms with Crippen molar-refractivity contribution in [2.45, 2.75) is 39.0 Å². The first kappa shape index (κ1) is 9.30. The van der Waals surface area contributed by atoms with Crippen molar-refractivity contribution < 1.29 is 9.53 Å². The Hall–Kier alpha value is -0.790. The Morgan fingerprint density at radius 3 is 3.08 bits per heavy atom. The van der Waals surface area contributed by atoms with Crippen LogP contribution in [0.4, 0.5) is 0 Å². The predicted octanol–water partition coefficient (Wildman–Crippen LogP) is 2.44. The summed E-state index contributed by atoms with van der Waals surface area (Å²) in [6.07, 6.45) is 6.64.